The molecule has 1 heterocycles. The van der Waals surface area contributed by atoms with Crippen LogP contribution < -0.4 is 0 Å². The van der Waals surface area contributed by atoms with E-state index >= 15 is 0 Å². The van der Waals surface area contributed by atoms with Gasteiger partial charge in [-0.25, -0.2) is 4.98 Å². The highest BCUT2D eigenvalue weighted by Crippen LogP contribution is 2.17. The van der Waals surface area contributed by atoms with Crippen molar-refractivity contribution in [2.24, 2.45) is 0 Å². The number of nitrogens with one attached hydrogen (secondary N) is 1. The topological polar surface area (TPSA) is 37.9 Å². The smallest absolute Gasteiger partial charge is 0.144 e. The molecular weight excluding hydrogens is 324 g/mol. The minimum atomic E-state index is 0.491. The van der Waals surface area contributed by atoms with E-state index in [-0.39, 0.29) is 0 Å². The van der Waals surface area contributed by atoms with E-state index in [2.05, 4.69) is 38.0 Å². The number of hydrogen-bond acceptors (Lipinski definition) is 3. The molecule has 1 aromatic heterocycles. The maximum atomic E-state index is 5.24. The van der Waals surface area contributed by atoms with Gasteiger partial charge < -0.3 is 9.72 Å². The maximum Gasteiger partial charge on any atom is 0.144 e. The number of aromatic amines is 1. The second kappa shape index (κ2) is 6.93. The van der Waals surface area contributed by atoms with Gasteiger partial charge >= 0.3 is 0 Å². The van der Waals surface area contributed by atoms with Crippen LogP contribution in [0.4, 0.5) is 0 Å². The van der Waals surface area contributed by atoms with E-state index in [0.29, 0.717) is 11.2 Å². The molecule has 1 N–H and O–H groups in total. The molecule has 0 fully saturated rings. The van der Waals surface area contributed by atoms with E-state index in [1.165, 1.54) is 5.56 Å². The Balaban J connectivity index is 2.14. The molecule has 5 heteroatoms. The molecule has 0 radical (unpaired) electrons. The third-order valence-corrected chi connectivity index (χ3v) is 4.18. The van der Waals surface area contributed by atoms with E-state index in [0.717, 1.165) is 28.8 Å². The molecule has 1 aromatic carbocycles. The summed E-state index contributed by atoms with van der Waals surface area (Å²) >= 11 is 8.67. The normalized spacial score (nSPS) is 10.6. The van der Waals surface area contributed by atoms with Crippen LogP contribution in [0.2, 0.25) is 0 Å². The Morgan fingerprint density at radius 3 is 2.68 bits per heavy atom. The molecule has 0 atom stereocenters. The summed E-state index contributed by atoms with van der Waals surface area (Å²) in [5.74, 6) is 0.893. The van der Waals surface area contributed by atoms with Gasteiger partial charge in [-0.05, 0) is 27.9 Å². The van der Waals surface area contributed by atoms with Gasteiger partial charge in [-0.1, -0.05) is 42.5 Å². The van der Waals surface area contributed by atoms with Crippen LogP contribution in [-0.4, -0.2) is 17.1 Å². The summed E-state index contributed by atoms with van der Waals surface area (Å²) in [6, 6.07) is 10.3. The first-order valence-corrected chi connectivity index (χ1v) is 7.21. The van der Waals surface area contributed by atoms with E-state index < -0.39 is 0 Å². The van der Waals surface area contributed by atoms with Gasteiger partial charge in [0.05, 0.1) is 16.8 Å². The van der Waals surface area contributed by atoms with E-state index in [1.54, 1.807) is 7.11 Å². The third-order valence-electron chi connectivity index (χ3n) is 2.77. The van der Waals surface area contributed by atoms with Crippen molar-refractivity contribution in [3.8, 4) is 0 Å². The molecule has 2 aromatic rings. The number of ether oxygens (including phenoxy) is 1. The largest absolute Gasteiger partial charge is 0.378 e. The van der Waals surface area contributed by atoms with Crippen LogP contribution in [0.15, 0.2) is 34.8 Å². The van der Waals surface area contributed by atoms with Crippen LogP contribution in [0, 0.1) is 4.64 Å². The molecule has 0 saturated carbocycles. The Bertz CT molecular complexity index is 598. The minimum absolute atomic E-state index is 0.491. The Morgan fingerprint density at radius 1 is 1.26 bits per heavy atom. The average Bonchev–Trinajstić information content (AvgIpc) is 2.43. The van der Waals surface area contributed by atoms with Gasteiger partial charge in [0, 0.05) is 13.5 Å². The second-order valence-corrected chi connectivity index (χ2v) is 5.38. The lowest BCUT2D eigenvalue weighted by atomic mass is 10.1. The van der Waals surface area contributed by atoms with Crippen molar-refractivity contribution in [3.05, 3.63) is 56.5 Å². The standard InChI is InChI=1S/C14H15BrN2OS/c1-18-9-11-13(15)14(19)17-12(16-11)8-7-10-5-3-2-4-6-10/h2-6H,7-9H2,1H3,(H,16,17,19). The minimum Gasteiger partial charge on any atom is -0.378 e. The predicted octanol–water partition coefficient (Wildman–Crippen LogP) is 3.83. The zero-order chi connectivity index (χ0) is 13.7. The molecule has 0 amide bonds. The van der Waals surface area contributed by atoms with Gasteiger partial charge in [-0.3, -0.25) is 0 Å². The number of methoxy groups -OCH3 is 1. The van der Waals surface area contributed by atoms with Crippen molar-refractivity contribution in [2.45, 2.75) is 19.4 Å². The number of benzene rings is 1. The summed E-state index contributed by atoms with van der Waals surface area (Å²) in [6.45, 7) is 0.491. The molecule has 0 spiro atoms. The molecule has 0 aliphatic carbocycles. The Morgan fingerprint density at radius 2 is 2.00 bits per heavy atom. The number of halogens is 1. The van der Waals surface area contributed by atoms with Gasteiger partial charge in [0.25, 0.3) is 0 Å². The number of aromatic nitrogens is 2. The lowest BCUT2D eigenvalue weighted by Gasteiger charge is -2.08. The third kappa shape index (κ3) is 3.96. The number of nitrogens with zero attached hydrogens (tertiary/aromatic N) is 1. The van der Waals surface area contributed by atoms with Gasteiger partial charge in [0.15, 0.2) is 0 Å². The summed E-state index contributed by atoms with van der Waals surface area (Å²) in [6.07, 6.45) is 1.77. The fourth-order valence-electron chi connectivity index (χ4n) is 1.83. The zero-order valence-corrected chi connectivity index (χ0v) is 13.1. The first kappa shape index (κ1) is 14.4. The Labute approximate surface area is 126 Å². The summed E-state index contributed by atoms with van der Waals surface area (Å²) in [5, 5.41) is 0. The van der Waals surface area contributed by atoms with Crippen molar-refractivity contribution in [2.75, 3.05) is 7.11 Å². The molecule has 0 bridgehead atoms. The summed E-state index contributed by atoms with van der Waals surface area (Å²) in [5.41, 5.74) is 2.23. The van der Waals surface area contributed by atoms with E-state index in [4.69, 9.17) is 17.0 Å². The van der Waals surface area contributed by atoms with Crippen molar-refractivity contribution in [3.63, 3.8) is 0 Å². The van der Waals surface area contributed by atoms with Crippen LogP contribution in [0.1, 0.15) is 17.1 Å². The average molecular weight is 339 g/mol. The maximum absolute atomic E-state index is 5.24. The van der Waals surface area contributed by atoms with Crippen LogP contribution in [-0.2, 0) is 24.2 Å². The summed E-state index contributed by atoms with van der Waals surface area (Å²) < 4.78 is 6.54. The highest BCUT2D eigenvalue weighted by Gasteiger charge is 2.06. The van der Waals surface area contributed by atoms with Crippen molar-refractivity contribution < 1.29 is 4.74 Å². The van der Waals surface area contributed by atoms with Crippen molar-refractivity contribution in [1.29, 1.82) is 0 Å². The van der Waals surface area contributed by atoms with Crippen LogP contribution in [0.5, 0.6) is 0 Å². The van der Waals surface area contributed by atoms with Crippen LogP contribution in [0.25, 0.3) is 0 Å². The van der Waals surface area contributed by atoms with Crippen molar-refractivity contribution in [1.82, 2.24) is 9.97 Å². The number of hydrogen-bond donors (Lipinski definition) is 1. The molecule has 3 nitrogen and oxygen atoms in total. The predicted molar refractivity (Wildman–Crippen MR) is 81.7 cm³/mol. The molecular formula is C14H15BrN2OS. The lowest BCUT2D eigenvalue weighted by Crippen LogP contribution is -2.04. The van der Waals surface area contributed by atoms with E-state index in [9.17, 15) is 0 Å². The molecule has 0 aliphatic heterocycles. The molecule has 0 saturated heterocycles. The zero-order valence-electron chi connectivity index (χ0n) is 10.6. The van der Waals surface area contributed by atoms with Gasteiger partial charge in [-0.15, -0.1) is 0 Å². The fraction of sp³-hybridized carbons (Fsp3) is 0.286. The fourth-order valence-corrected chi connectivity index (χ4v) is 2.36. The SMILES string of the molecule is COCc1[nH]c(CCc2ccccc2)nc(=S)c1Br. The van der Waals surface area contributed by atoms with Gasteiger partial charge in [-0.2, -0.15) is 0 Å². The molecule has 2 rings (SSSR count). The second-order valence-electron chi connectivity index (χ2n) is 4.20. The van der Waals surface area contributed by atoms with Crippen LogP contribution >= 0.6 is 28.1 Å². The molecule has 0 unspecified atom stereocenters. The monoisotopic (exact) mass is 338 g/mol. The Hall–Kier alpha value is -1.04. The molecule has 19 heavy (non-hydrogen) atoms. The summed E-state index contributed by atoms with van der Waals surface area (Å²) in [7, 11) is 1.66. The molecule has 0 aliphatic rings. The highest BCUT2D eigenvalue weighted by atomic mass is 79.9. The quantitative estimate of drug-likeness (QED) is 0.842. The number of rotatable bonds is 5. The van der Waals surface area contributed by atoms with Gasteiger partial charge in [0.1, 0.15) is 10.5 Å². The molecule has 100 valence electrons. The summed E-state index contributed by atoms with van der Waals surface area (Å²) in [4.78, 5) is 7.66. The number of aryl methyl sites for hydroxylation is 2. The lowest BCUT2D eigenvalue weighted by molar-refractivity contribution is 0.180. The Kier molecular flexibility index (Phi) is 5.24. The number of H-pyrrole nitrogens is 1. The first-order valence-electron chi connectivity index (χ1n) is 6.01. The highest BCUT2D eigenvalue weighted by molar-refractivity contribution is 9.10. The first-order chi connectivity index (χ1) is 9.20. The van der Waals surface area contributed by atoms with Crippen molar-refractivity contribution >= 4 is 28.1 Å². The van der Waals surface area contributed by atoms with Crippen LogP contribution in [0.3, 0.4) is 0 Å². The van der Waals surface area contributed by atoms with Gasteiger partial charge in [0.2, 0.25) is 0 Å². The van der Waals surface area contributed by atoms with E-state index in [1.807, 2.05) is 18.2 Å².